The van der Waals surface area contributed by atoms with E-state index in [9.17, 15) is 14.4 Å². The van der Waals surface area contributed by atoms with E-state index in [1.54, 1.807) is 6.20 Å². The molecule has 0 aromatic carbocycles. The number of likely N-dealkylation sites (tertiary alicyclic amines) is 1. The summed E-state index contributed by atoms with van der Waals surface area (Å²) in [5, 5.41) is 8.97. The number of rotatable bonds is 4. The van der Waals surface area contributed by atoms with Crippen LogP contribution in [0.25, 0.3) is 0 Å². The van der Waals surface area contributed by atoms with Crippen molar-refractivity contribution < 1.29 is 19.1 Å². The van der Waals surface area contributed by atoms with E-state index in [4.69, 9.17) is 9.72 Å². The molecular weight excluding hydrogens is 434 g/mol. The summed E-state index contributed by atoms with van der Waals surface area (Å²) >= 11 is 0. The number of nitrogens with zero attached hydrogens (tertiary/aromatic N) is 2. The lowest BCUT2D eigenvalue weighted by molar-refractivity contribution is -0.133. The lowest BCUT2D eigenvalue weighted by atomic mass is 9.76. The van der Waals surface area contributed by atoms with Crippen LogP contribution in [0.5, 0.6) is 0 Å². The highest BCUT2D eigenvalue weighted by Crippen LogP contribution is 2.40. The average molecular weight is 472 g/mol. The van der Waals surface area contributed by atoms with E-state index in [0.717, 1.165) is 31.6 Å². The Bertz CT molecular complexity index is 892. The first kappa shape index (κ1) is 24.4. The molecule has 4 heterocycles. The number of carbonyl (C=O) groups is 3. The highest BCUT2D eigenvalue weighted by molar-refractivity contribution is 6.01. The molecule has 0 aliphatic carbocycles. The Labute approximate surface area is 201 Å². The minimum Gasteiger partial charge on any atom is -0.444 e. The highest BCUT2D eigenvalue weighted by Gasteiger charge is 2.38. The molecule has 186 valence electrons. The summed E-state index contributed by atoms with van der Waals surface area (Å²) in [5.41, 5.74) is 0.988. The number of hydrogen-bond donors (Lipinski definition) is 3. The van der Waals surface area contributed by atoms with Crippen LogP contribution in [0.1, 0.15) is 71.0 Å². The van der Waals surface area contributed by atoms with E-state index in [1.165, 1.54) is 12.8 Å². The molecule has 3 amide bonds. The second-order valence-electron chi connectivity index (χ2n) is 10.7. The number of anilines is 1. The van der Waals surface area contributed by atoms with Gasteiger partial charge in [0.1, 0.15) is 11.6 Å². The normalized spacial score (nSPS) is 26.7. The van der Waals surface area contributed by atoms with Crippen molar-refractivity contribution in [3.63, 3.8) is 0 Å². The maximum Gasteiger partial charge on any atom is 0.410 e. The van der Waals surface area contributed by atoms with Gasteiger partial charge in [0.25, 0.3) is 0 Å². The molecule has 3 fully saturated rings. The maximum atomic E-state index is 13.1. The molecular formula is C25H37N5O4. The molecule has 0 saturated carbocycles. The largest absolute Gasteiger partial charge is 0.444 e. The monoisotopic (exact) mass is 471 g/mol. The third kappa shape index (κ3) is 6.05. The lowest BCUT2D eigenvalue weighted by Gasteiger charge is -2.43. The Balaban J connectivity index is 1.49. The van der Waals surface area contributed by atoms with Crippen molar-refractivity contribution >= 4 is 23.6 Å². The zero-order valence-electron chi connectivity index (χ0n) is 20.4. The number of aromatic nitrogens is 1. The van der Waals surface area contributed by atoms with Gasteiger partial charge >= 0.3 is 6.09 Å². The van der Waals surface area contributed by atoms with Crippen molar-refractivity contribution in [3.8, 4) is 0 Å². The van der Waals surface area contributed by atoms with Gasteiger partial charge in [0, 0.05) is 13.0 Å². The van der Waals surface area contributed by atoms with Gasteiger partial charge in [-0.25, -0.2) is 4.79 Å². The minimum atomic E-state index is -0.559. The Morgan fingerprint density at radius 3 is 2.53 bits per heavy atom. The molecule has 3 aliphatic heterocycles. The van der Waals surface area contributed by atoms with E-state index in [1.807, 2.05) is 37.8 Å². The van der Waals surface area contributed by atoms with Crippen LogP contribution in [0.4, 0.5) is 10.5 Å². The quantitative estimate of drug-likeness (QED) is 0.579. The van der Waals surface area contributed by atoms with Gasteiger partial charge in [-0.15, -0.1) is 0 Å². The van der Waals surface area contributed by atoms with Crippen molar-refractivity contribution in [1.82, 2.24) is 20.5 Å². The van der Waals surface area contributed by atoms with Crippen LogP contribution >= 0.6 is 0 Å². The molecule has 3 unspecified atom stereocenters. The minimum absolute atomic E-state index is 0.145. The van der Waals surface area contributed by atoms with Gasteiger partial charge in [-0.05, 0) is 89.9 Å². The Kier molecular flexibility index (Phi) is 7.40. The smallest absolute Gasteiger partial charge is 0.410 e. The van der Waals surface area contributed by atoms with E-state index in [0.29, 0.717) is 36.9 Å². The predicted octanol–water partition coefficient (Wildman–Crippen LogP) is 2.99. The summed E-state index contributed by atoms with van der Waals surface area (Å²) < 4.78 is 5.72. The van der Waals surface area contributed by atoms with Crippen molar-refractivity contribution in [1.29, 1.82) is 0 Å². The third-order valence-electron chi connectivity index (χ3n) is 7.03. The van der Waals surface area contributed by atoms with Crippen molar-refractivity contribution in [2.24, 2.45) is 11.8 Å². The molecule has 3 N–H and O–H groups in total. The van der Waals surface area contributed by atoms with Crippen LogP contribution in [0.3, 0.4) is 0 Å². The fourth-order valence-corrected chi connectivity index (χ4v) is 5.28. The molecule has 9 nitrogen and oxygen atoms in total. The molecule has 3 atom stereocenters. The number of hydrogen-bond acceptors (Lipinski definition) is 7. The molecule has 9 heteroatoms. The molecule has 34 heavy (non-hydrogen) atoms. The number of amides is 3. The Morgan fingerprint density at radius 1 is 1.12 bits per heavy atom. The second kappa shape index (κ2) is 10.3. The van der Waals surface area contributed by atoms with E-state index in [-0.39, 0.29) is 23.9 Å². The van der Waals surface area contributed by atoms with Gasteiger partial charge in [-0.1, -0.05) is 0 Å². The first-order valence-electron chi connectivity index (χ1n) is 12.5. The average Bonchev–Trinajstić information content (AvgIpc) is 2.80. The first-order chi connectivity index (χ1) is 16.2. The summed E-state index contributed by atoms with van der Waals surface area (Å²) in [6.07, 6.45) is 6.39. The molecule has 3 aliphatic rings. The molecule has 1 aromatic rings. The zero-order valence-corrected chi connectivity index (χ0v) is 20.4. The molecule has 0 radical (unpaired) electrons. The lowest BCUT2D eigenvalue weighted by Crippen LogP contribution is -2.47. The molecule has 4 rings (SSSR count). The van der Waals surface area contributed by atoms with Gasteiger partial charge in [-0.2, -0.15) is 0 Å². The number of carbonyl (C=O) groups excluding carboxylic acids is 3. The fourth-order valence-electron chi connectivity index (χ4n) is 5.28. The topological polar surface area (TPSA) is 113 Å². The molecule has 0 bridgehead atoms. The van der Waals surface area contributed by atoms with Crippen LogP contribution in [0, 0.1) is 11.8 Å². The van der Waals surface area contributed by atoms with Crippen LogP contribution in [-0.4, -0.2) is 59.1 Å². The van der Waals surface area contributed by atoms with Crippen molar-refractivity contribution in [3.05, 3.63) is 24.0 Å². The number of nitrogens with one attached hydrogen (secondary N) is 3. The fraction of sp³-hybridized carbons (Fsp3) is 0.680. The van der Waals surface area contributed by atoms with E-state index in [2.05, 4.69) is 16.0 Å². The SMILES string of the molecule is CC(C)(C)OC(=O)N1CCC(C2CCNCC2)CC1c1ccc(NC2CCC(=O)NC2=O)cn1. The first-order valence-corrected chi connectivity index (χ1v) is 12.5. The molecule has 1 aromatic heterocycles. The van der Waals surface area contributed by atoms with Crippen molar-refractivity contribution in [2.45, 2.75) is 77.0 Å². The van der Waals surface area contributed by atoms with Crippen LogP contribution in [0.15, 0.2) is 18.3 Å². The number of piperidine rings is 3. The Morgan fingerprint density at radius 2 is 1.88 bits per heavy atom. The van der Waals surface area contributed by atoms with Crippen LogP contribution in [-0.2, 0) is 14.3 Å². The maximum absolute atomic E-state index is 13.1. The number of pyridine rings is 1. The predicted molar refractivity (Wildman–Crippen MR) is 128 cm³/mol. The van der Waals surface area contributed by atoms with Gasteiger partial charge < -0.3 is 15.4 Å². The molecule has 3 saturated heterocycles. The van der Waals surface area contributed by atoms with E-state index >= 15 is 0 Å². The van der Waals surface area contributed by atoms with Gasteiger partial charge in [0.2, 0.25) is 11.8 Å². The standard InChI is InChI=1S/C25H37N5O4/c1-25(2,3)34-24(33)30-13-10-17(16-8-11-26-12-9-16)14-21(30)19-5-4-18(15-27-19)28-20-6-7-22(31)29-23(20)32/h4-5,15-17,20-21,26,28H,6-14H2,1-3H3,(H,29,31,32). The van der Waals surface area contributed by atoms with Crippen LogP contribution < -0.4 is 16.0 Å². The van der Waals surface area contributed by atoms with Gasteiger partial charge in [0.15, 0.2) is 0 Å². The summed E-state index contributed by atoms with van der Waals surface area (Å²) in [6, 6.07) is 3.23. The number of imide groups is 1. The Hall–Kier alpha value is -2.68. The van der Waals surface area contributed by atoms with Crippen molar-refractivity contribution in [2.75, 3.05) is 25.0 Å². The van der Waals surface area contributed by atoms with Crippen LogP contribution in [0.2, 0.25) is 0 Å². The van der Waals surface area contributed by atoms with Gasteiger partial charge in [0.05, 0.1) is 23.6 Å². The van der Waals surface area contributed by atoms with E-state index < -0.39 is 11.6 Å². The third-order valence-corrected chi connectivity index (χ3v) is 7.03. The summed E-state index contributed by atoms with van der Waals surface area (Å²) in [5.74, 6) is 0.666. The summed E-state index contributed by atoms with van der Waals surface area (Å²) in [6.45, 7) is 8.42. The van der Waals surface area contributed by atoms with Gasteiger partial charge in [-0.3, -0.25) is 24.8 Å². The summed E-state index contributed by atoms with van der Waals surface area (Å²) in [4.78, 5) is 43.0. The zero-order chi connectivity index (χ0) is 24.3. The number of ether oxygens (including phenoxy) is 1. The highest BCUT2D eigenvalue weighted by atomic mass is 16.6. The second-order valence-corrected chi connectivity index (χ2v) is 10.7. The molecule has 0 spiro atoms. The summed E-state index contributed by atoms with van der Waals surface area (Å²) in [7, 11) is 0.